The van der Waals surface area contributed by atoms with E-state index in [0.717, 1.165) is 11.5 Å². The van der Waals surface area contributed by atoms with Crippen LogP contribution in [0.3, 0.4) is 0 Å². The van der Waals surface area contributed by atoms with Gasteiger partial charge in [-0.3, -0.25) is 11.1 Å². The predicted octanol–water partition coefficient (Wildman–Crippen LogP) is 0.424. The molecule has 3 nitrogen and oxygen atoms in total. The standard InChI is InChI=1S/C9H12N2OS.ClH/c1-12-8-4-2-7(3-5-8)6-13-9(10)11;/h2-5H,6H2,1H3,(H3,10,11);1H/p+1. The highest BCUT2D eigenvalue weighted by Gasteiger charge is 1.98. The van der Waals surface area contributed by atoms with Crippen LogP contribution in [0, 0.1) is 0 Å². The summed E-state index contributed by atoms with van der Waals surface area (Å²) in [5, 5.41) is 5.73. The fraction of sp³-hybridized carbons (Fsp3) is 0.222. The van der Waals surface area contributed by atoms with Crippen molar-refractivity contribution < 1.29 is 10.1 Å². The summed E-state index contributed by atoms with van der Waals surface area (Å²) in [6, 6.07) is 7.83. The molecule has 78 valence electrons. The average molecular weight is 234 g/mol. The van der Waals surface area contributed by atoms with Gasteiger partial charge in [0.2, 0.25) is 0 Å². The summed E-state index contributed by atoms with van der Waals surface area (Å²) in [7, 11) is 1.65. The van der Waals surface area contributed by atoms with Crippen molar-refractivity contribution >= 4 is 29.3 Å². The lowest BCUT2D eigenvalue weighted by molar-refractivity contribution is -0.110. The van der Waals surface area contributed by atoms with Crippen molar-refractivity contribution in [3.05, 3.63) is 29.8 Å². The maximum absolute atomic E-state index is 5.33. The first-order chi connectivity index (χ1) is 6.22. The first kappa shape index (κ1) is 13.1. The molecule has 0 saturated carbocycles. The summed E-state index contributed by atoms with van der Waals surface area (Å²) in [6.07, 6.45) is 0. The predicted molar refractivity (Wildman–Crippen MR) is 62.7 cm³/mol. The molecule has 5 heteroatoms. The van der Waals surface area contributed by atoms with Gasteiger partial charge in [0.25, 0.3) is 5.17 Å². The minimum Gasteiger partial charge on any atom is -0.497 e. The largest absolute Gasteiger partial charge is 0.497 e. The molecule has 1 aromatic carbocycles. The zero-order valence-electron chi connectivity index (χ0n) is 7.90. The Kier molecular flexibility index (Phi) is 6.16. The normalized spacial score (nSPS) is 8.93. The number of amidine groups is 1. The first-order valence-corrected chi connectivity index (χ1v) is 4.84. The van der Waals surface area contributed by atoms with E-state index in [4.69, 9.17) is 15.9 Å². The molecule has 14 heavy (non-hydrogen) atoms. The number of ether oxygens (including phenoxy) is 1. The van der Waals surface area contributed by atoms with Gasteiger partial charge in [0, 0.05) is 5.75 Å². The lowest BCUT2D eigenvalue weighted by Crippen LogP contribution is -2.43. The van der Waals surface area contributed by atoms with Crippen molar-refractivity contribution in [2.75, 3.05) is 7.11 Å². The molecular weight excluding hydrogens is 220 g/mol. The quantitative estimate of drug-likeness (QED) is 0.588. The molecule has 0 atom stereocenters. The van der Waals surface area contributed by atoms with Gasteiger partial charge in [-0.15, -0.1) is 12.4 Å². The SMILES string of the molecule is COc1ccc(CSC(N)=[NH2+])cc1.Cl. The molecule has 0 spiro atoms. The van der Waals surface area contributed by atoms with Crippen LogP contribution in [0.25, 0.3) is 0 Å². The third kappa shape index (κ3) is 4.39. The molecule has 1 rings (SSSR count). The Labute approximate surface area is 93.9 Å². The van der Waals surface area contributed by atoms with Crippen LogP contribution in [0.1, 0.15) is 5.56 Å². The van der Waals surface area contributed by atoms with Crippen LogP contribution in [-0.4, -0.2) is 12.3 Å². The Bertz CT molecular complexity index is 289. The fourth-order valence-electron chi connectivity index (χ4n) is 0.888. The van der Waals surface area contributed by atoms with Gasteiger partial charge in [0.1, 0.15) is 5.75 Å². The second kappa shape index (κ2) is 6.56. The van der Waals surface area contributed by atoms with E-state index >= 15 is 0 Å². The van der Waals surface area contributed by atoms with E-state index in [1.807, 2.05) is 24.3 Å². The summed E-state index contributed by atoms with van der Waals surface area (Å²) in [5.41, 5.74) is 6.51. The molecule has 0 unspecified atom stereocenters. The molecule has 0 aliphatic carbocycles. The molecule has 0 heterocycles. The zero-order chi connectivity index (χ0) is 9.68. The Morgan fingerprint density at radius 3 is 2.43 bits per heavy atom. The summed E-state index contributed by atoms with van der Waals surface area (Å²) < 4.78 is 5.03. The van der Waals surface area contributed by atoms with Crippen LogP contribution in [0.2, 0.25) is 0 Å². The number of nitrogens with two attached hydrogens (primary N) is 2. The summed E-state index contributed by atoms with van der Waals surface area (Å²) in [6.45, 7) is 0. The maximum atomic E-state index is 5.33. The van der Waals surface area contributed by atoms with Gasteiger partial charge in [-0.1, -0.05) is 12.1 Å². The second-order valence-electron chi connectivity index (χ2n) is 2.54. The van der Waals surface area contributed by atoms with Gasteiger partial charge < -0.3 is 4.74 Å². The molecule has 4 N–H and O–H groups in total. The molecular formula is C9H14ClN2OS+. The molecule has 0 aromatic heterocycles. The number of hydrogen-bond donors (Lipinski definition) is 2. The number of thioether (sulfide) groups is 1. The molecule has 0 radical (unpaired) electrons. The van der Waals surface area contributed by atoms with E-state index in [1.54, 1.807) is 7.11 Å². The third-order valence-corrected chi connectivity index (χ3v) is 2.38. The van der Waals surface area contributed by atoms with Crippen molar-refractivity contribution in [3.63, 3.8) is 0 Å². The summed E-state index contributed by atoms with van der Waals surface area (Å²) >= 11 is 1.43. The van der Waals surface area contributed by atoms with E-state index < -0.39 is 0 Å². The van der Waals surface area contributed by atoms with Crippen LogP contribution in [0.5, 0.6) is 5.75 Å². The van der Waals surface area contributed by atoms with E-state index in [0.29, 0.717) is 5.17 Å². The van der Waals surface area contributed by atoms with Gasteiger partial charge >= 0.3 is 0 Å². The lowest BCUT2D eigenvalue weighted by atomic mass is 10.2. The number of hydrogen-bond acceptors (Lipinski definition) is 2. The van der Waals surface area contributed by atoms with Crippen molar-refractivity contribution in [2.45, 2.75) is 5.75 Å². The van der Waals surface area contributed by atoms with Crippen LogP contribution in [-0.2, 0) is 5.75 Å². The van der Waals surface area contributed by atoms with Crippen LogP contribution >= 0.6 is 24.2 Å². The van der Waals surface area contributed by atoms with E-state index in [1.165, 1.54) is 17.3 Å². The highest BCUT2D eigenvalue weighted by atomic mass is 35.5. The van der Waals surface area contributed by atoms with E-state index in [2.05, 4.69) is 0 Å². The number of benzene rings is 1. The molecule has 1 aromatic rings. The zero-order valence-corrected chi connectivity index (χ0v) is 9.53. The van der Waals surface area contributed by atoms with Gasteiger partial charge in [0.05, 0.1) is 7.11 Å². The topological polar surface area (TPSA) is 60.8 Å². The van der Waals surface area contributed by atoms with E-state index in [9.17, 15) is 0 Å². The lowest BCUT2D eigenvalue weighted by Gasteiger charge is -2.00. The third-order valence-electron chi connectivity index (χ3n) is 1.56. The Morgan fingerprint density at radius 2 is 2.00 bits per heavy atom. The number of rotatable bonds is 3. The average Bonchev–Trinajstić information content (AvgIpc) is 2.15. The van der Waals surface area contributed by atoms with Crippen LogP contribution in [0.15, 0.2) is 24.3 Å². The Morgan fingerprint density at radius 1 is 1.43 bits per heavy atom. The van der Waals surface area contributed by atoms with Gasteiger partial charge in [-0.2, -0.15) is 0 Å². The molecule has 0 saturated heterocycles. The highest BCUT2D eigenvalue weighted by molar-refractivity contribution is 8.12. The summed E-state index contributed by atoms with van der Waals surface area (Å²) in [4.78, 5) is 0. The highest BCUT2D eigenvalue weighted by Crippen LogP contribution is 2.15. The second-order valence-corrected chi connectivity index (χ2v) is 3.59. The van der Waals surface area contributed by atoms with E-state index in [-0.39, 0.29) is 12.4 Å². The van der Waals surface area contributed by atoms with Crippen molar-refractivity contribution in [2.24, 2.45) is 5.73 Å². The maximum Gasteiger partial charge on any atom is 0.300 e. The fourth-order valence-corrected chi connectivity index (χ4v) is 1.41. The molecule has 0 aliphatic rings. The monoisotopic (exact) mass is 233 g/mol. The van der Waals surface area contributed by atoms with Crippen molar-refractivity contribution in [1.29, 1.82) is 0 Å². The Balaban J connectivity index is 0.00000169. The van der Waals surface area contributed by atoms with Crippen LogP contribution < -0.4 is 15.9 Å². The van der Waals surface area contributed by atoms with Gasteiger partial charge in [-0.05, 0) is 29.5 Å². The van der Waals surface area contributed by atoms with Gasteiger partial charge in [0.15, 0.2) is 0 Å². The van der Waals surface area contributed by atoms with Crippen molar-refractivity contribution in [1.82, 2.24) is 0 Å². The van der Waals surface area contributed by atoms with Crippen molar-refractivity contribution in [3.8, 4) is 5.75 Å². The first-order valence-electron chi connectivity index (χ1n) is 3.86. The minimum atomic E-state index is 0. The molecule has 0 bridgehead atoms. The smallest absolute Gasteiger partial charge is 0.300 e. The summed E-state index contributed by atoms with van der Waals surface area (Å²) in [5.74, 6) is 1.66. The molecule has 0 aliphatic heterocycles. The molecule has 0 amide bonds. The minimum absolute atomic E-state index is 0. The Hall–Kier alpha value is -0.870. The number of methoxy groups -OCH3 is 1. The van der Waals surface area contributed by atoms with Gasteiger partial charge in [-0.25, -0.2) is 0 Å². The number of halogens is 1. The molecule has 0 fully saturated rings. The van der Waals surface area contributed by atoms with Crippen LogP contribution in [0.4, 0.5) is 0 Å².